The van der Waals surface area contributed by atoms with Gasteiger partial charge in [0, 0.05) is 48.6 Å². The first-order valence-electron chi connectivity index (χ1n) is 9.16. The van der Waals surface area contributed by atoms with Crippen molar-refractivity contribution in [1.82, 2.24) is 9.88 Å². The summed E-state index contributed by atoms with van der Waals surface area (Å²) in [4.78, 5) is 18.6. The smallest absolute Gasteiger partial charge is 0.385 e. The second-order valence-electron chi connectivity index (χ2n) is 7.48. The van der Waals surface area contributed by atoms with Crippen molar-refractivity contribution in [2.45, 2.75) is 49.5 Å². The Labute approximate surface area is 160 Å². The summed E-state index contributed by atoms with van der Waals surface area (Å²) in [5, 5.41) is 13.8. The number of urea groups is 1. The van der Waals surface area contributed by atoms with Crippen LogP contribution in [0.1, 0.15) is 36.8 Å². The average Bonchev–Trinajstić information content (AvgIpc) is 2.94. The second-order valence-corrected chi connectivity index (χ2v) is 7.48. The van der Waals surface area contributed by atoms with Crippen molar-refractivity contribution in [1.29, 1.82) is 0 Å². The fraction of sp³-hybridized carbons (Fsp3) is 0.400. The topological polar surface area (TPSA) is 65.5 Å². The molecule has 2 fully saturated rings. The van der Waals surface area contributed by atoms with Crippen molar-refractivity contribution >= 4 is 11.7 Å². The fourth-order valence-corrected chi connectivity index (χ4v) is 4.36. The van der Waals surface area contributed by atoms with Crippen LogP contribution in [0.5, 0.6) is 0 Å². The Morgan fingerprint density at radius 1 is 1.14 bits per heavy atom. The Balaban J connectivity index is 1.47. The van der Waals surface area contributed by atoms with Gasteiger partial charge in [-0.1, -0.05) is 6.07 Å². The number of nitrogens with one attached hydrogen (secondary N) is 1. The molecule has 1 aromatic heterocycles. The molecule has 5 nitrogen and oxygen atoms in total. The molecule has 3 heterocycles. The van der Waals surface area contributed by atoms with Crippen LogP contribution in [0.15, 0.2) is 48.8 Å². The standard InChI is InChI=1S/C20H20F3N3O2/c21-20(22,23)13-3-5-15(6-4-13)25-18(27)26-16-7-8-17(26)11-19(28,10-16)14-2-1-9-24-12-14/h1-6,9,12,16-17,28H,7-8,10-11H2,(H,25,27). The normalized spacial score (nSPS) is 26.9. The number of piperidine rings is 1. The number of aliphatic hydroxyl groups is 1. The number of pyridine rings is 1. The van der Waals surface area contributed by atoms with E-state index >= 15 is 0 Å². The third kappa shape index (κ3) is 3.44. The number of halogens is 3. The molecule has 2 aromatic rings. The van der Waals surface area contributed by atoms with Crippen molar-refractivity contribution < 1.29 is 23.1 Å². The van der Waals surface area contributed by atoms with Gasteiger partial charge < -0.3 is 15.3 Å². The molecule has 2 amide bonds. The van der Waals surface area contributed by atoms with E-state index in [1.807, 2.05) is 6.07 Å². The van der Waals surface area contributed by atoms with Crippen LogP contribution in [0.25, 0.3) is 0 Å². The third-order valence-electron chi connectivity index (χ3n) is 5.66. The van der Waals surface area contributed by atoms with Gasteiger partial charge in [0.25, 0.3) is 0 Å². The molecule has 28 heavy (non-hydrogen) atoms. The SMILES string of the molecule is O=C(Nc1ccc(C(F)(F)F)cc1)N1C2CCC1CC(O)(c1cccnc1)C2. The predicted molar refractivity (Wildman–Crippen MR) is 96.5 cm³/mol. The Morgan fingerprint density at radius 3 is 2.32 bits per heavy atom. The van der Waals surface area contributed by atoms with Crippen LogP contribution < -0.4 is 5.32 Å². The molecule has 4 rings (SSSR count). The summed E-state index contributed by atoms with van der Waals surface area (Å²) in [6, 6.07) is 7.40. The zero-order chi connectivity index (χ0) is 19.9. The molecular formula is C20H20F3N3O2. The number of amides is 2. The predicted octanol–water partition coefficient (Wildman–Crippen LogP) is 4.15. The summed E-state index contributed by atoms with van der Waals surface area (Å²) in [5.41, 5.74) is -0.726. The lowest BCUT2D eigenvalue weighted by Crippen LogP contribution is -2.53. The average molecular weight is 391 g/mol. The van der Waals surface area contributed by atoms with Crippen LogP contribution in [-0.2, 0) is 11.8 Å². The van der Waals surface area contributed by atoms with Gasteiger partial charge in [0.2, 0.25) is 0 Å². The van der Waals surface area contributed by atoms with Crippen molar-refractivity contribution in [3.63, 3.8) is 0 Å². The molecule has 0 aliphatic carbocycles. The van der Waals surface area contributed by atoms with Crippen LogP contribution in [-0.4, -0.2) is 33.1 Å². The van der Waals surface area contributed by atoms with Crippen molar-refractivity contribution in [3.05, 3.63) is 59.9 Å². The number of aromatic nitrogens is 1. The van der Waals surface area contributed by atoms with Gasteiger partial charge in [-0.2, -0.15) is 13.2 Å². The molecule has 2 N–H and O–H groups in total. The van der Waals surface area contributed by atoms with Gasteiger partial charge in [-0.05, 0) is 43.2 Å². The fourth-order valence-electron chi connectivity index (χ4n) is 4.36. The van der Waals surface area contributed by atoms with Gasteiger partial charge in [0.05, 0.1) is 11.2 Å². The Kier molecular flexibility index (Phi) is 4.53. The van der Waals surface area contributed by atoms with E-state index in [9.17, 15) is 23.1 Å². The highest BCUT2D eigenvalue weighted by Gasteiger charge is 2.50. The minimum absolute atomic E-state index is 0.126. The molecule has 0 saturated carbocycles. The maximum absolute atomic E-state index is 12.8. The number of rotatable bonds is 2. The molecular weight excluding hydrogens is 371 g/mol. The Bertz CT molecular complexity index is 841. The highest BCUT2D eigenvalue weighted by Crippen LogP contribution is 2.45. The number of nitrogens with zero attached hydrogens (tertiary/aromatic N) is 2. The monoisotopic (exact) mass is 391 g/mol. The number of anilines is 1. The number of hydrogen-bond donors (Lipinski definition) is 2. The van der Waals surface area contributed by atoms with Crippen LogP contribution in [0, 0.1) is 0 Å². The molecule has 2 aliphatic rings. The minimum atomic E-state index is -4.41. The van der Waals surface area contributed by atoms with E-state index in [2.05, 4.69) is 10.3 Å². The first kappa shape index (κ1) is 18.7. The molecule has 2 bridgehead atoms. The Hall–Kier alpha value is -2.61. The maximum Gasteiger partial charge on any atom is 0.416 e. The number of fused-ring (bicyclic) bond motifs is 2. The van der Waals surface area contributed by atoms with Gasteiger partial charge in [-0.15, -0.1) is 0 Å². The second kappa shape index (κ2) is 6.77. The van der Waals surface area contributed by atoms with E-state index in [0.29, 0.717) is 18.5 Å². The summed E-state index contributed by atoms with van der Waals surface area (Å²) >= 11 is 0. The van der Waals surface area contributed by atoms with E-state index in [4.69, 9.17) is 0 Å². The van der Waals surface area contributed by atoms with Gasteiger partial charge >= 0.3 is 12.2 Å². The minimum Gasteiger partial charge on any atom is -0.385 e. The van der Waals surface area contributed by atoms with E-state index in [1.54, 1.807) is 23.4 Å². The molecule has 2 atom stereocenters. The number of hydrogen-bond acceptors (Lipinski definition) is 3. The Morgan fingerprint density at radius 2 is 1.79 bits per heavy atom. The van der Waals surface area contributed by atoms with Gasteiger partial charge in [0.1, 0.15) is 0 Å². The number of carbonyl (C=O) groups is 1. The highest BCUT2D eigenvalue weighted by atomic mass is 19.4. The van der Waals surface area contributed by atoms with Gasteiger partial charge in [0.15, 0.2) is 0 Å². The molecule has 0 radical (unpaired) electrons. The zero-order valence-electron chi connectivity index (χ0n) is 15.0. The zero-order valence-corrected chi connectivity index (χ0v) is 15.0. The van der Waals surface area contributed by atoms with E-state index in [1.165, 1.54) is 12.1 Å². The first-order valence-corrected chi connectivity index (χ1v) is 9.16. The van der Waals surface area contributed by atoms with E-state index in [0.717, 1.165) is 30.5 Å². The summed E-state index contributed by atoms with van der Waals surface area (Å²) in [6.07, 6.45) is 1.28. The van der Waals surface area contributed by atoms with Crippen LogP contribution in [0.3, 0.4) is 0 Å². The summed E-state index contributed by atoms with van der Waals surface area (Å²) < 4.78 is 38.0. The number of alkyl halides is 3. The van der Waals surface area contributed by atoms with Crippen molar-refractivity contribution in [2.75, 3.05) is 5.32 Å². The van der Waals surface area contributed by atoms with Crippen molar-refractivity contribution in [3.8, 4) is 0 Å². The lowest BCUT2D eigenvalue weighted by molar-refractivity contribution is -0.137. The number of benzene rings is 1. The first-order chi connectivity index (χ1) is 13.3. The molecule has 2 aliphatic heterocycles. The van der Waals surface area contributed by atoms with Crippen LogP contribution in [0.4, 0.5) is 23.7 Å². The van der Waals surface area contributed by atoms with Crippen LogP contribution >= 0.6 is 0 Å². The molecule has 8 heteroatoms. The molecule has 0 spiro atoms. The quantitative estimate of drug-likeness (QED) is 0.809. The highest BCUT2D eigenvalue weighted by molar-refractivity contribution is 5.90. The van der Waals surface area contributed by atoms with Crippen LogP contribution in [0.2, 0.25) is 0 Å². The van der Waals surface area contributed by atoms with Gasteiger partial charge in [-0.25, -0.2) is 4.79 Å². The molecule has 148 valence electrons. The lowest BCUT2D eigenvalue weighted by atomic mass is 9.81. The van der Waals surface area contributed by atoms with Gasteiger partial charge in [-0.3, -0.25) is 4.98 Å². The maximum atomic E-state index is 12.8. The lowest BCUT2D eigenvalue weighted by Gasteiger charge is -2.43. The van der Waals surface area contributed by atoms with E-state index < -0.39 is 17.3 Å². The molecule has 1 aromatic carbocycles. The number of carbonyl (C=O) groups excluding carboxylic acids is 1. The van der Waals surface area contributed by atoms with E-state index in [-0.39, 0.29) is 18.1 Å². The summed E-state index contributed by atoms with van der Waals surface area (Å²) in [7, 11) is 0. The summed E-state index contributed by atoms with van der Waals surface area (Å²) in [5.74, 6) is 0. The molecule has 2 saturated heterocycles. The largest absolute Gasteiger partial charge is 0.416 e. The molecule has 2 unspecified atom stereocenters. The summed E-state index contributed by atoms with van der Waals surface area (Å²) in [6.45, 7) is 0. The van der Waals surface area contributed by atoms with Crippen molar-refractivity contribution in [2.24, 2.45) is 0 Å². The third-order valence-corrected chi connectivity index (χ3v) is 5.66.